The zero-order chi connectivity index (χ0) is 21.4. The third-order valence-electron chi connectivity index (χ3n) is 5.97. The van der Waals surface area contributed by atoms with E-state index < -0.39 is 6.10 Å². The quantitative estimate of drug-likeness (QED) is 0.423. The van der Waals surface area contributed by atoms with Crippen LogP contribution in [0.5, 0.6) is 5.75 Å². The second kappa shape index (κ2) is 7.90. The number of imide groups is 1. The number of hydrogen-bond donors (Lipinski definition) is 0. The normalized spacial score (nSPS) is 24.0. The number of anilines is 1. The number of amides is 2. The third-order valence-corrected chi connectivity index (χ3v) is 5.97. The molecule has 1 saturated heterocycles. The van der Waals surface area contributed by atoms with Crippen molar-refractivity contribution in [2.24, 2.45) is 17.8 Å². The Balaban J connectivity index is 1.53. The average Bonchev–Trinajstić information content (AvgIpc) is 2.99. The van der Waals surface area contributed by atoms with Gasteiger partial charge in [0.1, 0.15) is 5.75 Å². The summed E-state index contributed by atoms with van der Waals surface area (Å²) < 4.78 is 5.86. The molecular weight excluding hydrogens is 378 g/mol. The molecule has 0 radical (unpaired) electrons. The second-order valence-electron chi connectivity index (χ2n) is 8.15. The predicted octanol–water partition coefficient (Wildman–Crippen LogP) is 4.35. The number of carbonyl (C=O) groups excluding carboxylic acids is 3. The van der Waals surface area contributed by atoms with Crippen molar-refractivity contribution in [2.75, 3.05) is 4.90 Å². The van der Waals surface area contributed by atoms with Crippen molar-refractivity contribution in [3.8, 4) is 5.75 Å². The van der Waals surface area contributed by atoms with Crippen LogP contribution >= 0.6 is 0 Å². The Labute approximate surface area is 176 Å². The van der Waals surface area contributed by atoms with Gasteiger partial charge in [0.05, 0.1) is 17.5 Å². The van der Waals surface area contributed by atoms with Gasteiger partial charge in [-0.2, -0.15) is 0 Å². The smallest absolute Gasteiger partial charge is 0.238 e. The summed E-state index contributed by atoms with van der Waals surface area (Å²) in [5, 5.41) is 0. The molecule has 5 nitrogen and oxygen atoms in total. The summed E-state index contributed by atoms with van der Waals surface area (Å²) >= 11 is 0. The molecule has 4 atom stereocenters. The van der Waals surface area contributed by atoms with E-state index in [-0.39, 0.29) is 35.4 Å². The van der Waals surface area contributed by atoms with Crippen LogP contribution in [0, 0.1) is 24.7 Å². The predicted molar refractivity (Wildman–Crippen MR) is 114 cm³/mol. The first kappa shape index (κ1) is 20.1. The number of ketones is 1. The Morgan fingerprint density at radius 1 is 1.10 bits per heavy atom. The van der Waals surface area contributed by atoms with Crippen LogP contribution in [-0.4, -0.2) is 23.7 Å². The molecule has 1 heterocycles. The lowest BCUT2D eigenvalue weighted by Crippen LogP contribution is -2.31. The number of Topliss-reactive ketones (excluding diaryl/α,β-unsaturated/α-hetero) is 1. The molecule has 0 saturated carbocycles. The van der Waals surface area contributed by atoms with E-state index in [0.29, 0.717) is 23.4 Å². The summed E-state index contributed by atoms with van der Waals surface area (Å²) in [4.78, 5) is 39.9. The van der Waals surface area contributed by atoms with Crippen LogP contribution in [0.2, 0.25) is 0 Å². The van der Waals surface area contributed by atoms with Crippen LogP contribution in [0.3, 0.4) is 0 Å². The van der Waals surface area contributed by atoms with E-state index in [1.165, 1.54) is 4.90 Å². The molecule has 0 spiro atoms. The molecule has 1 fully saturated rings. The van der Waals surface area contributed by atoms with Gasteiger partial charge in [0.15, 0.2) is 6.10 Å². The number of hydrogen-bond acceptors (Lipinski definition) is 4. The van der Waals surface area contributed by atoms with Gasteiger partial charge in [0.25, 0.3) is 0 Å². The van der Waals surface area contributed by atoms with Crippen LogP contribution in [-0.2, 0) is 9.59 Å². The molecule has 2 aromatic carbocycles. The van der Waals surface area contributed by atoms with E-state index >= 15 is 0 Å². The monoisotopic (exact) mass is 403 g/mol. The summed E-state index contributed by atoms with van der Waals surface area (Å²) in [5.41, 5.74) is 2.15. The summed E-state index contributed by atoms with van der Waals surface area (Å²) in [6, 6.07) is 14.2. The minimum Gasteiger partial charge on any atom is -0.482 e. The Kier molecular flexibility index (Phi) is 5.29. The lowest BCUT2D eigenvalue weighted by molar-refractivity contribution is -0.122. The molecule has 2 aliphatic rings. The van der Waals surface area contributed by atoms with Crippen LogP contribution in [0.4, 0.5) is 5.69 Å². The summed E-state index contributed by atoms with van der Waals surface area (Å²) in [7, 11) is 0. The maximum atomic E-state index is 13.0. The van der Waals surface area contributed by atoms with Gasteiger partial charge in [0.2, 0.25) is 17.6 Å². The highest BCUT2D eigenvalue weighted by Crippen LogP contribution is 2.41. The second-order valence-corrected chi connectivity index (χ2v) is 8.15. The van der Waals surface area contributed by atoms with Crippen LogP contribution in [0.1, 0.15) is 36.2 Å². The topological polar surface area (TPSA) is 63.7 Å². The van der Waals surface area contributed by atoms with E-state index in [2.05, 4.69) is 0 Å². The highest BCUT2D eigenvalue weighted by atomic mass is 16.5. The lowest BCUT2D eigenvalue weighted by atomic mass is 9.78. The fourth-order valence-electron chi connectivity index (χ4n) is 4.31. The SMILES string of the molecule is Cc1ccc(C(=O)[C@@H](C)Oc2cccc(N3C(=O)[C@@H]4[C@H](CC=C[C@@H]4C)C3=O)c2)cc1. The first-order valence-electron chi connectivity index (χ1n) is 10.3. The number of ether oxygens (including phenoxy) is 1. The van der Waals surface area contributed by atoms with Gasteiger partial charge in [0, 0.05) is 11.6 Å². The molecule has 0 N–H and O–H groups in total. The molecule has 30 heavy (non-hydrogen) atoms. The van der Waals surface area contributed by atoms with Gasteiger partial charge < -0.3 is 4.74 Å². The lowest BCUT2D eigenvalue weighted by Gasteiger charge is -2.22. The fraction of sp³-hybridized carbons (Fsp3) is 0.320. The van der Waals surface area contributed by atoms with Crippen LogP contribution < -0.4 is 9.64 Å². The highest BCUT2D eigenvalue weighted by molar-refractivity contribution is 6.22. The Morgan fingerprint density at radius 3 is 2.53 bits per heavy atom. The average molecular weight is 403 g/mol. The molecule has 4 rings (SSSR count). The first-order chi connectivity index (χ1) is 14.4. The van der Waals surface area contributed by atoms with Crippen molar-refractivity contribution in [2.45, 2.75) is 33.3 Å². The Bertz CT molecular complexity index is 1020. The number of carbonyl (C=O) groups is 3. The van der Waals surface area contributed by atoms with Crippen molar-refractivity contribution in [3.05, 3.63) is 71.8 Å². The largest absolute Gasteiger partial charge is 0.482 e. The number of aryl methyl sites for hydroxylation is 1. The molecule has 1 aliphatic heterocycles. The summed E-state index contributed by atoms with van der Waals surface area (Å²) in [5.74, 6) is -0.582. The third kappa shape index (κ3) is 3.56. The van der Waals surface area contributed by atoms with Gasteiger partial charge in [-0.3, -0.25) is 14.4 Å². The molecule has 1 aliphatic carbocycles. The van der Waals surface area contributed by atoms with Crippen molar-refractivity contribution < 1.29 is 19.1 Å². The zero-order valence-electron chi connectivity index (χ0n) is 17.4. The Hall–Kier alpha value is -3.21. The van der Waals surface area contributed by atoms with Crippen molar-refractivity contribution >= 4 is 23.3 Å². The molecule has 5 heteroatoms. The van der Waals surface area contributed by atoms with Gasteiger partial charge >= 0.3 is 0 Å². The number of rotatable bonds is 5. The molecule has 0 unspecified atom stereocenters. The van der Waals surface area contributed by atoms with Gasteiger partial charge in [-0.1, -0.05) is 55.0 Å². The summed E-state index contributed by atoms with van der Waals surface area (Å²) in [6.07, 6.45) is 3.89. The number of fused-ring (bicyclic) bond motifs is 1. The maximum absolute atomic E-state index is 13.0. The number of allylic oxidation sites excluding steroid dienone is 2. The molecular formula is C25H25NO4. The van der Waals surface area contributed by atoms with E-state index in [1.807, 2.05) is 38.1 Å². The van der Waals surface area contributed by atoms with E-state index in [4.69, 9.17) is 4.74 Å². The molecule has 2 aromatic rings. The van der Waals surface area contributed by atoms with E-state index in [1.54, 1.807) is 43.3 Å². The number of benzene rings is 2. The van der Waals surface area contributed by atoms with Gasteiger partial charge in [-0.25, -0.2) is 4.90 Å². The molecule has 0 aromatic heterocycles. The van der Waals surface area contributed by atoms with Gasteiger partial charge in [-0.15, -0.1) is 0 Å². The van der Waals surface area contributed by atoms with Crippen molar-refractivity contribution in [3.63, 3.8) is 0 Å². The molecule has 0 bridgehead atoms. The minimum atomic E-state index is -0.695. The minimum absolute atomic E-state index is 0.0387. The Morgan fingerprint density at radius 2 is 1.83 bits per heavy atom. The van der Waals surface area contributed by atoms with E-state index in [0.717, 1.165) is 5.56 Å². The van der Waals surface area contributed by atoms with Crippen molar-refractivity contribution in [1.29, 1.82) is 0 Å². The fourth-order valence-corrected chi connectivity index (χ4v) is 4.31. The summed E-state index contributed by atoms with van der Waals surface area (Å²) in [6.45, 7) is 5.64. The van der Waals surface area contributed by atoms with Gasteiger partial charge in [-0.05, 0) is 38.3 Å². The maximum Gasteiger partial charge on any atom is 0.238 e. The van der Waals surface area contributed by atoms with Crippen molar-refractivity contribution in [1.82, 2.24) is 0 Å². The molecule has 154 valence electrons. The zero-order valence-corrected chi connectivity index (χ0v) is 17.4. The molecule has 2 amide bonds. The standard InChI is InChI=1S/C25H25NO4/c1-15-10-12-18(13-11-15)23(27)17(3)30-20-8-5-7-19(14-20)26-24(28)21-9-4-6-16(2)22(21)25(26)29/h4-8,10-14,16-17,21-22H,9H2,1-3H3/t16-,17+,21-,22-/m0/s1. The van der Waals surface area contributed by atoms with Crippen LogP contribution in [0.25, 0.3) is 0 Å². The first-order valence-corrected chi connectivity index (χ1v) is 10.3. The number of nitrogens with zero attached hydrogens (tertiary/aromatic N) is 1. The highest BCUT2D eigenvalue weighted by Gasteiger charge is 2.50. The van der Waals surface area contributed by atoms with E-state index in [9.17, 15) is 14.4 Å². The van der Waals surface area contributed by atoms with Crippen LogP contribution in [0.15, 0.2) is 60.7 Å².